The van der Waals surface area contributed by atoms with Crippen LogP contribution in [0.3, 0.4) is 0 Å². The van der Waals surface area contributed by atoms with Gasteiger partial charge in [-0.3, -0.25) is 0 Å². The molecule has 0 radical (unpaired) electrons. The van der Waals surface area contributed by atoms with Crippen molar-refractivity contribution in [3.8, 4) is 0 Å². The topological polar surface area (TPSA) is 35.2 Å². The van der Waals surface area contributed by atoms with Gasteiger partial charge in [-0.1, -0.05) is 26.2 Å². The van der Waals surface area contributed by atoms with E-state index in [0.29, 0.717) is 6.04 Å². The van der Waals surface area contributed by atoms with E-state index in [0.717, 1.165) is 19.1 Å². The van der Waals surface area contributed by atoms with Crippen molar-refractivity contribution in [3.63, 3.8) is 0 Å². The standard InChI is InChI=1S/C12H25NO/c1-2-4-12(13)6-3-5-11-7-9-14-10-8-11/h11-12H,2-10,13H2,1H3. The van der Waals surface area contributed by atoms with Crippen molar-refractivity contribution in [2.24, 2.45) is 11.7 Å². The number of nitrogens with two attached hydrogens (primary N) is 1. The number of ether oxygens (including phenoxy) is 1. The Labute approximate surface area is 88.2 Å². The van der Waals surface area contributed by atoms with E-state index < -0.39 is 0 Å². The smallest absolute Gasteiger partial charge is 0.0468 e. The van der Waals surface area contributed by atoms with Crippen LogP contribution in [0.1, 0.15) is 51.9 Å². The predicted octanol–water partition coefficient (Wildman–Crippen LogP) is 2.71. The molecule has 0 aromatic rings. The minimum absolute atomic E-state index is 0.444. The van der Waals surface area contributed by atoms with Crippen LogP contribution in [0, 0.1) is 5.92 Å². The summed E-state index contributed by atoms with van der Waals surface area (Å²) in [4.78, 5) is 0. The fourth-order valence-electron chi connectivity index (χ4n) is 2.22. The van der Waals surface area contributed by atoms with Crippen LogP contribution in [-0.2, 0) is 4.74 Å². The minimum Gasteiger partial charge on any atom is -0.381 e. The lowest BCUT2D eigenvalue weighted by atomic mass is 9.93. The summed E-state index contributed by atoms with van der Waals surface area (Å²) in [5, 5.41) is 0. The van der Waals surface area contributed by atoms with Gasteiger partial charge in [-0.15, -0.1) is 0 Å². The predicted molar refractivity (Wildman–Crippen MR) is 60.3 cm³/mol. The fourth-order valence-corrected chi connectivity index (χ4v) is 2.22. The second-order valence-corrected chi connectivity index (χ2v) is 4.54. The summed E-state index contributed by atoms with van der Waals surface area (Å²) in [5.41, 5.74) is 5.98. The normalized spacial score (nSPS) is 21.0. The zero-order valence-corrected chi connectivity index (χ0v) is 9.50. The maximum absolute atomic E-state index is 5.98. The van der Waals surface area contributed by atoms with Gasteiger partial charge in [-0.05, 0) is 31.6 Å². The van der Waals surface area contributed by atoms with Gasteiger partial charge in [0, 0.05) is 19.3 Å². The highest BCUT2D eigenvalue weighted by Gasteiger charge is 2.13. The molecule has 2 N–H and O–H groups in total. The Kier molecular flexibility index (Phi) is 6.20. The SMILES string of the molecule is CCCC(N)CCCC1CCOCC1. The number of hydrogen-bond acceptors (Lipinski definition) is 2. The molecule has 0 amide bonds. The maximum atomic E-state index is 5.98. The van der Waals surface area contributed by atoms with Crippen LogP contribution in [0.2, 0.25) is 0 Å². The van der Waals surface area contributed by atoms with Crippen LogP contribution >= 0.6 is 0 Å². The van der Waals surface area contributed by atoms with E-state index in [1.165, 1.54) is 44.9 Å². The summed E-state index contributed by atoms with van der Waals surface area (Å²) >= 11 is 0. The molecule has 1 aliphatic rings. The van der Waals surface area contributed by atoms with Crippen LogP contribution < -0.4 is 5.73 Å². The summed E-state index contributed by atoms with van der Waals surface area (Å²) < 4.78 is 5.34. The highest BCUT2D eigenvalue weighted by molar-refractivity contribution is 4.66. The molecule has 84 valence electrons. The summed E-state index contributed by atoms with van der Waals surface area (Å²) in [7, 11) is 0. The van der Waals surface area contributed by atoms with Gasteiger partial charge < -0.3 is 10.5 Å². The molecule has 2 heteroatoms. The lowest BCUT2D eigenvalue weighted by Crippen LogP contribution is -2.20. The Balaban J connectivity index is 1.96. The van der Waals surface area contributed by atoms with Crippen LogP contribution in [0.4, 0.5) is 0 Å². The van der Waals surface area contributed by atoms with E-state index in [9.17, 15) is 0 Å². The van der Waals surface area contributed by atoms with E-state index in [1.54, 1.807) is 0 Å². The lowest BCUT2D eigenvalue weighted by molar-refractivity contribution is 0.0630. The zero-order valence-electron chi connectivity index (χ0n) is 9.50. The molecule has 1 fully saturated rings. The Morgan fingerprint density at radius 3 is 2.64 bits per heavy atom. The Morgan fingerprint density at radius 2 is 2.00 bits per heavy atom. The van der Waals surface area contributed by atoms with Gasteiger partial charge in [-0.2, -0.15) is 0 Å². The molecule has 1 saturated heterocycles. The molecule has 1 unspecified atom stereocenters. The van der Waals surface area contributed by atoms with Gasteiger partial charge in [0.15, 0.2) is 0 Å². The molecule has 1 atom stereocenters. The van der Waals surface area contributed by atoms with E-state index >= 15 is 0 Å². The van der Waals surface area contributed by atoms with E-state index in [2.05, 4.69) is 6.92 Å². The first-order chi connectivity index (χ1) is 6.83. The summed E-state index contributed by atoms with van der Waals surface area (Å²) in [5.74, 6) is 0.914. The van der Waals surface area contributed by atoms with Crippen LogP contribution in [-0.4, -0.2) is 19.3 Å². The third-order valence-electron chi connectivity index (χ3n) is 3.19. The third-order valence-corrected chi connectivity index (χ3v) is 3.19. The Hall–Kier alpha value is -0.0800. The molecule has 1 rings (SSSR count). The quantitative estimate of drug-likeness (QED) is 0.714. The largest absolute Gasteiger partial charge is 0.381 e. The monoisotopic (exact) mass is 199 g/mol. The second kappa shape index (κ2) is 7.24. The average molecular weight is 199 g/mol. The van der Waals surface area contributed by atoms with Crippen molar-refractivity contribution in [2.75, 3.05) is 13.2 Å². The van der Waals surface area contributed by atoms with Gasteiger partial charge >= 0.3 is 0 Å². The maximum Gasteiger partial charge on any atom is 0.0468 e. The minimum atomic E-state index is 0.444. The Morgan fingerprint density at radius 1 is 1.29 bits per heavy atom. The molecule has 1 aliphatic heterocycles. The van der Waals surface area contributed by atoms with Gasteiger partial charge in [-0.25, -0.2) is 0 Å². The Bertz CT molecular complexity index is 132. The summed E-state index contributed by atoms with van der Waals surface area (Å²) in [6, 6.07) is 0.444. The lowest BCUT2D eigenvalue weighted by Gasteiger charge is -2.22. The second-order valence-electron chi connectivity index (χ2n) is 4.54. The fraction of sp³-hybridized carbons (Fsp3) is 1.00. The molecule has 14 heavy (non-hydrogen) atoms. The van der Waals surface area contributed by atoms with Gasteiger partial charge in [0.25, 0.3) is 0 Å². The van der Waals surface area contributed by atoms with E-state index in [4.69, 9.17) is 10.5 Å². The van der Waals surface area contributed by atoms with Crippen molar-refractivity contribution >= 4 is 0 Å². The van der Waals surface area contributed by atoms with Crippen LogP contribution in [0.15, 0.2) is 0 Å². The molecule has 0 spiro atoms. The third kappa shape index (κ3) is 4.97. The van der Waals surface area contributed by atoms with Crippen molar-refractivity contribution in [3.05, 3.63) is 0 Å². The molecule has 0 aromatic carbocycles. The van der Waals surface area contributed by atoms with Gasteiger partial charge in [0.05, 0.1) is 0 Å². The van der Waals surface area contributed by atoms with Crippen molar-refractivity contribution in [1.82, 2.24) is 0 Å². The van der Waals surface area contributed by atoms with Crippen molar-refractivity contribution < 1.29 is 4.74 Å². The summed E-state index contributed by atoms with van der Waals surface area (Å²) in [6.07, 6.45) is 8.83. The first-order valence-electron chi connectivity index (χ1n) is 6.16. The molecule has 0 aliphatic carbocycles. The first-order valence-corrected chi connectivity index (χ1v) is 6.16. The summed E-state index contributed by atoms with van der Waals surface area (Å²) in [6.45, 7) is 4.16. The van der Waals surface area contributed by atoms with Crippen LogP contribution in [0.5, 0.6) is 0 Å². The van der Waals surface area contributed by atoms with E-state index in [-0.39, 0.29) is 0 Å². The van der Waals surface area contributed by atoms with Gasteiger partial charge in [0.2, 0.25) is 0 Å². The average Bonchev–Trinajstić information content (AvgIpc) is 2.20. The molecular formula is C12H25NO. The number of rotatable bonds is 6. The first kappa shape index (κ1) is 12.0. The molecule has 1 heterocycles. The number of hydrogen-bond donors (Lipinski definition) is 1. The molecule has 0 aromatic heterocycles. The van der Waals surface area contributed by atoms with E-state index in [1.807, 2.05) is 0 Å². The highest BCUT2D eigenvalue weighted by atomic mass is 16.5. The van der Waals surface area contributed by atoms with Crippen molar-refractivity contribution in [1.29, 1.82) is 0 Å². The van der Waals surface area contributed by atoms with Crippen molar-refractivity contribution in [2.45, 2.75) is 57.9 Å². The molecule has 0 bridgehead atoms. The van der Waals surface area contributed by atoms with Crippen LogP contribution in [0.25, 0.3) is 0 Å². The highest BCUT2D eigenvalue weighted by Crippen LogP contribution is 2.21. The zero-order chi connectivity index (χ0) is 10.2. The molecule has 2 nitrogen and oxygen atoms in total. The van der Waals surface area contributed by atoms with Gasteiger partial charge in [0.1, 0.15) is 0 Å². The molecular weight excluding hydrogens is 174 g/mol. The molecule has 0 saturated carbocycles.